The molecular formula is C10H9Br2N. The van der Waals surface area contributed by atoms with Gasteiger partial charge in [0, 0.05) is 26.1 Å². The molecule has 0 spiro atoms. The molecular weight excluding hydrogens is 294 g/mol. The van der Waals surface area contributed by atoms with Crippen molar-refractivity contribution in [3.63, 3.8) is 0 Å². The molecule has 0 unspecified atom stereocenters. The highest BCUT2D eigenvalue weighted by Crippen LogP contribution is 2.42. The Labute approximate surface area is 94.5 Å². The van der Waals surface area contributed by atoms with Gasteiger partial charge in [0.1, 0.15) is 0 Å². The van der Waals surface area contributed by atoms with Gasteiger partial charge in [-0.2, -0.15) is 0 Å². The van der Waals surface area contributed by atoms with Crippen molar-refractivity contribution in [2.45, 2.75) is 19.3 Å². The van der Waals surface area contributed by atoms with Crippen molar-refractivity contribution in [2.75, 3.05) is 0 Å². The van der Waals surface area contributed by atoms with Gasteiger partial charge in [-0.1, -0.05) is 45.7 Å². The number of fused-ring (bicyclic) bond motifs is 1. The zero-order valence-corrected chi connectivity index (χ0v) is 10.6. The normalized spacial score (nSPS) is 17.5. The fourth-order valence-corrected chi connectivity index (χ4v) is 3.31. The molecule has 68 valence electrons. The van der Waals surface area contributed by atoms with E-state index in [2.05, 4.69) is 56.8 Å². The van der Waals surface area contributed by atoms with Crippen molar-refractivity contribution < 1.29 is 0 Å². The molecule has 0 fully saturated rings. The minimum absolute atomic E-state index is 0.0505. The maximum absolute atomic E-state index is 4.39. The summed E-state index contributed by atoms with van der Waals surface area (Å²) in [5.74, 6) is 0. The molecule has 0 amide bonds. The molecule has 1 nitrogen and oxygen atoms in total. The van der Waals surface area contributed by atoms with Crippen LogP contribution in [0.4, 0.5) is 5.69 Å². The molecule has 0 radical (unpaired) electrons. The second-order valence-corrected chi connectivity index (χ2v) is 5.53. The first-order chi connectivity index (χ1) is 6.00. The zero-order chi connectivity index (χ0) is 9.64. The van der Waals surface area contributed by atoms with Gasteiger partial charge >= 0.3 is 0 Å². The van der Waals surface area contributed by atoms with Crippen LogP contribution in [0.3, 0.4) is 0 Å². The van der Waals surface area contributed by atoms with Gasteiger partial charge in [-0.25, -0.2) is 0 Å². The molecule has 1 aliphatic rings. The van der Waals surface area contributed by atoms with Crippen molar-refractivity contribution in [3.8, 4) is 0 Å². The van der Waals surface area contributed by atoms with Crippen LogP contribution in [0.2, 0.25) is 0 Å². The molecule has 0 atom stereocenters. The Morgan fingerprint density at radius 3 is 2.62 bits per heavy atom. The maximum Gasteiger partial charge on any atom is 0.0689 e. The van der Waals surface area contributed by atoms with Crippen molar-refractivity contribution >= 4 is 43.8 Å². The van der Waals surface area contributed by atoms with E-state index in [1.54, 1.807) is 0 Å². The summed E-state index contributed by atoms with van der Waals surface area (Å²) in [6, 6.07) is 4.11. The van der Waals surface area contributed by atoms with E-state index in [1.807, 2.05) is 12.3 Å². The average molecular weight is 303 g/mol. The highest BCUT2D eigenvalue weighted by Gasteiger charge is 2.28. The topological polar surface area (TPSA) is 12.4 Å². The summed E-state index contributed by atoms with van der Waals surface area (Å²) >= 11 is 7.01. The van der Waals surface area contributed by atoms with E-state index >= 15 is 0 Å². The molecule has 2 rings (SSSR count). The third kappa shape index (κ3) is 1.48. The Morgan fingerprint density at radius 2 is 1.92 bits per heavy atom. The minimum Gasteiger partial charge on any atom is -0.260 e. The van der Waals surface area contributed by atoms with Gasteiger partial charge in [-0.05, 0) is 12.1 Å². The summed E-state index contributed by atoms with van der Waals surface area (Å²) in [5, 5.41) is 0. The molecule has 0 saturated heterocycles. The summed E-state index contributed by atoms with van der Waals surface area (Å²) in [6.07, 6.45) is 1.99. The maximum atomic E-state index is 4.39. The van der Waals surface area contributed by atoms with E-state index in [4.69, 9.17) is 0 Å². The fourth-order valence-electron chi connectivity index (χ4n) is 1.60. The largest absolute Gasteiger partial charge is 0.260 e. The first-order valence-electron chi connectivity index (χ1n) is 4.05. The number of halogens is 2. The highest BCUT2D eigenvalue weighted by molar-refractivity contribution is 9.11. The van der Waals surface area contributed by atoms with Crippen LogP contribution in [-0.2, 0) is 5.41 Å². The third-order valence-corrected chi connectivity index (χ3v) is 3.29. The molecule has 0 saturated carbocycles. The van der Waals surface area contributed by atoms with E-state index in [9.17, 15) is 0 Å². The molecule has 1 heterocycles. The SMILES string of the molecule is CC1(C)C=Nc2cc(Br)cc(Br)c21. The van der Waals surface area contributed by atoms with Gasteiger partial charge in [0.05, 0.1) is 5.69 Å². The second-order valence-electron chi connectivity index (χ2n) is 3.76. The number of hydrogen-bond acceptors (Lipinski definition) is 1. The van der Waals surface area contributed by atoms with E-state index < -0.39 is 0 Å². The van der Waals surface area contributed by atoms with Crippen LogP contribution in [0.25, 0.3) is 0 Å². The average Bonchev–Trinajstić information content (AvgIpc) is 2.26. The fraction of sp³-hybridized carbons (Fsp3) is 0.300. The van der Waals surface area contributed by atoms with Crippen LogP contribution >= 0.6 is 31.9 Å². The van der Waals surface area contributed by atoms with Crippen LogP contribution < -0.4 is 0 Å². The third-order valence-electron chi connectivity index (χ3n) is 2.20. The van der Waals surface area contributed by atoms with Crippen molar-refractivity contribution in [1.82, 2.24) is 0 Å². The summed E-state index contributed by atoms with van der Waals surface area (Å²) in [7, 11) is 0. The molecule has 1 aromatic carbocycles. The zero-order valence-electron chi connectivity index (χ0n) is 7.44. The molecule has 1 aliphatic heterocycles. The van der Waals surface area contributed by atoms with Gasteiger partial charge in [0.15, 0.2) is 0 Å². The van der Waals surface area contributed by atoms with Gasteiger partial charge in [0.25, 0.3) is 0 Å². The quantitative estimate of drug-likeness (QED) is 0.681. The van der Waals surface area contributed by atoms with Crippen LogP contribution in [0.5, 0.6) is 0 Å². The smallest absolute Gasteiger partial charge is 0.0689 e. The Morgan fingerprint density at radius 1 is 1.23 bits per heavy atom. The molecule has 0 bridgehead atoms. The molecule has 13 heavy (non-hydrogen) atoms. The van der Waals surface area contributed by atoms with Gasteiger partial charge in [-0.3, -0.25) is 4.99 Å². The Balaban J connectivity index is 2.71. The van der Waals surface area contributed by atoms with E-state index in [1.165, 1.54) is 5.56 Å². The monoisotopic (exact) mass is 301 g/mol. The number of aliphatic imine (C=N–C) groups is 1. The minimum atomic E-state index is 0.0505. The summed E-state index contributed by atoms with van der Waals surface area (Å²) in [6.45, 7) is 4.34. The Kier molecular flexibility index (Phi) is 2.11. The van der Waals surface area contributed by atoms with Crippen LogP contribution in [0.15, 0.2) is 26.1 Å². The number of rotatable bonds is 0. The molecule has 0 aliphatic carbocycles. The van der Waals surface area contributed by atoms with Crippen molar-refractivity contribution in [2.24, 2.45) is 4.99 Å². The molecule has 3 heteroatoms. The lowest BCUT2D eigenvalue weighted by atomic mass is 9.87. The van der Waals surface area contributed by atoms with Gasteiger partial charge in [0.2, 0.25) is 0 Å². The first-order valence-corrected chi connectivity index (χ1v) is 5.64. The van der Waals surface area contributed by atoms with Crippen molar-refractivity contribution in [1.29, 1.82) is 0 Å². The number of nitrogens with zero attached hydrogens (tertiary/aromatic N) is 1. The Hall–Kier alpha value is -0.150. The second kappa shape index (κ2) is 2.92. The van der Waals surface area contributed by atoms with Crippen LogP contribution in [-0.4, -0.2) is 6.21 Å². The van der Waals surface area contributed by atoms with Gasteiger partial charge < -0.3 is 0 Å². The highest BCUT2D eigenvalue weighted by atomic mass is 79.9. The van der Waals surface area contributed by atoms with Gasteiger partial charge in [-0.15, -0.1) is 0 Å². The summed E-state index contributed by atoms with van der Waals surface area (Å²) in [4.78, 5) is 4.39. The van der Waals surface area contributed by atoms with E-state index in [-0.39, 0.29) is 5.41 Å². The molecule has 1 aromatic rings. The molecule has 0 N–H and O–H groups in total. The lowest BCUT2D eigenvalue weighted by Crippen LogP contribution is -2.15. The Bertz CT molecular complexity index is 394. The number of hydrogen-bond donors (Lipinski definition) is 0. The predicted octanol–water partition coefficient (Wildman–Crippen LogP) is 4.21. The summed E-state index contributed by atoms with van der Waals surface area (Å²) < 4.78 is 2.19. The first kappa shape index (κ1) is 9.41. The van der Waals surface area contributed by atoms with Crippen LogP contribution in [0, 0.1) is 0 Å². The lowest BCUT2D eigenvalue weighted by molar-refractivity contribution is 0.748. The van der Waals surface area contributed by atoms with E-state index in [0.717, 1.165) is 14.6 Å². The molecule has 0 aromatic heterocycles. The lowest BCUT2D eigenvalue weighted by Gasteiger charge is -2.17. The van der Waals surface area contributed by atoms with Crippen molar-refractivity contribution in [3.05, 3.63) is 26.6 Å². The number of benzene rings is 1. The standard InChI is InChI=1S/C10H9Br2N/c1-10(2)5-13-8-4-6(11)3-7(12)9(8)10/h3-5H,1-2H3. The predicted molar refractivity (Wildman–Crippen MR) is 63.0 cm³/mol. The van der Waals surface area contributed by atoms with E-state index in [0.29, 0.717) is 0 Å². The summed E-state index contributed by atoms with van der Waals surface area (Å²) in [5.41, 5.74) is 2.39. The van der Waals surface area contributed by atoms with Crippen LogP contribution in [0.1, 0.15) is 19.4 Å².